The van der Waals surface area contributed by atoms with Gasteiger partial charge < -0.3 is 14.9 Å². The Hall–Kier alpha value is -1.66. The van der Waals surface area contributed by atoms with Crippen molar-refractivity contribution >= 4 is 17.2 Å². The van der Waals surface area contributed by atoms with Crippen molar-refractivity contribution in [3.05, 3.63) is 38.9 Å². The molecule has 1 fully saturated rings. The highest BCUT2D eigenvalue weighted by molar-refractivity contribution is 7.12. The second-order valence-electron chi connectivity index (χ2n) is 7.44. The smallest absolute Gasteiger partial charge is 0.220 e. The molecule has 3 rings (SSSR count). The number of hydrogen-bond donors (Lipinski definition) is 2. The fraction of sp³-hybridized carbons (Fsp3) is 0.600. The van der Waals surface area contributed by atoms with Gasteiger partial charge in [-0.2, -0.15) is 0 Å². The van der Waals surface area contributed by atoms with Gasteiger partial charge in [-0.05, 0) is 52.2 Å². The van der Waals surface area contributed by atoms with Crippen LogP contribution in [0, 0.1) is 13.8 Å². The van der Waals surface area contributed by atoms with Crippen molar-refractivity contribution < 1.29 is 14.4 Å². The molecule has 1 saturated carbocycles. The molecule has 1 atom stereocenters. The van der Waals surface area contributed by atoms with Crippen molar-refractivity contribution in [2.45, 2.75) is 70.8 Å². The molecule has 2 N–H and O–H groups in total. The normalized spacial score (nSPS) is 17.4. The highest BCUT2D eigenvalue weighted by atomic mass is 32.1. The molecule has 0 aliphatic heterocycles. The lowest BCUT2D eigenvalue weighted by Crippen LogP contribution is -2.38. The van der Waals surface area contributed by atoms with Crippen molar-refractivity contribution in [3.63, 3.8) is 0 Å². The number of rotatable bonds is 7. The summed E-state index contributed by atoms with van der Waals surface area (Å²) in [5.41, 5.74) is 1.93. The van der Waals surface area contributed by atoms with Gasteiger partial charge in [0, 0.05) is 33.7 Å². The Kier molecular flexibility index (Phi) is 5.82. The van der Waals surface area contributed by atoms with Crippen LogP contribution in [-0.2, 0) is 16.6 Å². The first kappa shape index (κ1) is 19.1. The number of nitrogens with zero attached hydrogens (tertiary/aromatic N) is 1. The van der Waals surface area contributed by atoms with Crippen LogP contribution in [0.25, 0.3) is 0 Å². The summed E-state index contributed by atoms with van der Waals surface area (Å²) in [4.78, 5) is 14.7. The van der Waals surface area contributed by atoms with Crippen molar-refractivity contribution in [2.75, 3.05) is 6.54 Å². The summed E-state index contributed by atoms with van der Waals surface area (Å²) in [5, 5.41) is 16.9. The topological polar surface area (TPSA) is 75.4 Å². The van der Waals surface area contributed by atoms with Crippen molar-refractivity contribution in [3.8, 4) is 0 Å². The zero-order valence-corrected chi connectivity index (χ0v) is 16.6. The lowest BCUT2D eigenvalue weighted by molar-refractivity contribution is -0.121. The quantitative estimate of drug-likeness (QED) is 0.767. The monoisotopic (exact) mass is 376 g/mol. The molecule has 26 heavy (non-hydrogen) atoms. The van der Waals surface area contributed by atoms with Gasteiger partial charge in [0.2, 0.25) is 5.91 Å². The van der Waals surface area contributed by atoms with E-state index in [1.165, 1.54) is 17.7 Å². The van der Waals surface area contributed by atoms with Gasteiger partial charge in [0.25, 0.3) is 0 Å². The molecule has 0 aromatic carbocycles. The highest BCUT2D eigenvalue weighted by Gasteiger charge is 2.37. The van der Waals surface area contributed by atoms with Crippen molar-refractivity contribution in [1.82, 2.24) is 10.5 Å². The first-order chi connectivity index (χ1) is 12.4. The number of hydrogen-bond acceptors (Lipinski definition) is 5. The number of nitrogens with one attached hydrogen (secondary N) is 1. The minimum absolute atomic E-state index is 0.0243. The molecule has 0 saturated heterocycles. The molecule has 2 aromatic heterocycles. The van der Waals surface area contributed by atoms with Crippen LogP contribution in [0.4, 0.5) is 0 Å². The van der Waals surface area contributed by atoms with Crippen LogP contribution in [-0.4, -0.2) is 22.7 Å². The predicted molar refractivity (Wildman–Crippen MR) is 102 cm³/mol. The van der Waals surface area contributed by atoms with Gasteiger partial charge >= 0.3 is 0 Å². The maximum atomic E-state index is 12.4. The number of aliphatic hydroxyl groups is 1. The van der Waals surface area contributed by atoms with E-state index in [0.717, 1.165) is 34.7 Å². The number of carbonyl (C=O) groups is 1. The van der Waals surface area contributed by atoms with Crippen LogP contribution in [0.1, 0.15) is 71.9 Å². The third-order valence-corrected chi connectivity index (χ3v) is 7.03. The van der Waals surface area contributed by atoms with Crippen LogP contribution >= 0.6 is 11.3 Å². The maximum Gasteiger partial charge on any atom is 0.220 e. The molecule has 6 heteroatoms. The van der Waals surface area contributed by atoms with Crippen LogP contribution < -0.4 is 5.32 Å². The molecule has 5 nitrogen and oxygen atoms in total. The first-order valence-electron chi connectivity index (χ1n) is 9.38. The van der Waals surface area contributed by atoms with Gasteiger partial charge in [0.1, 0.15) is 5.76 Å². The summed E-state index contributed by atoms with van der Waals surface area (Å²) in [6.07, 6.45) is 5.24. The van der Waals surface area contributed by atoms with Gasteiger partial charge in [-0.15, -0.1) is 11.3 Å². The molecule has 1 unspecified atom stereocenters. The third-order valence-electron chi connectivity index (χ3n) is 5.53. The highest BCUT2D eigenvalue weighted by Crippen LogP contribution is 2.44. The zero-order valence-electron chi connectivity index (χ0n) is 15.8. The summed E-state index contributed by atoms with van der Waals surface area (Å²) < 4.78 is 5.16. The first-order valence-corrected chi connectivity index (χ1v) is 10.2. The van der Waals surface area contributed by atoms with Crippen LogP contribution in [0.2, 0.25) is 0 Å². The summed E-state index contributed by atoms with van der Waals surface area (Å²) in [6.45, 7) is 6.27. The minimum Gasteiger partial charge on any atom is -0.388 e. The number of aryl methyl sites for hydroxylation is 2. The maximum absolute atomic E-state index is 12.4. The van der Waals surface area contributed by atoms with Crippen molar-refractivity contribution in [2.24, 2.45) is 0 Å². The average Bonchev–Trinajstić information content (AvgIpc) is 3.33. The van der Waals surface area contributed by atoms with Gasteiger partial charge in [0.15, 0.2) is 0 Å². The Morgan fingerprint density at radius 2 is 2.12 bits per heavy atom. The Balaban J connectivity index is 1.60. The van der Waals surface area contributed by atoms with Gasteiger partial charge in [-0.3, -0.25) is 4.79 Å². The lowest BCUT2D eigenvalue weighted by Gasteiger charge is -2.28. The lowest BCUT2D eigenvalue weighted by atomic mass is 9.84. The Bertz CT molecular complexity index is 737. The summed E-state index contributed by atoms with van der Waals surface area (Å²) in [6, 6.07) is 4.15. The fourth-order valence-electron chi connectivity index (χ4n) is 3.88. The van der Waals surface area contributed by atoms with Gasteiger partial charge in [0.05, 0.1) is 11.8 Å². The number of aromatic nitrogens is 1. The number of carbonyl (C=O) groups excluding carboxylic acids is 1. The Labute approximate surface area is 158 Å². The van der Waals surface area contributed by atoms with E-state index in [-0.39, 0.29) is 11.3 Å². The standard InChI is InChI=1S/C20H28N2O3S/c1-13-16(15(3)25-22-13)6-9-19(24)21-12-20(10-4-5-11-20)18-8-7-17(26-18)14(2)23/h7-8,14,23H,4-6,9-12H2,1-3H3,(H,21,24). The molecule has 1 aliphatic rings. The van der Waals surface area contributed by atoms with E-state index >= 15 is 0 Å². The zero-order chi connectivity index (χ0) is 18.7. The van der Waals surface area contributed by atoms with E-state index in [0.29, 0.717) is 19.4 Å². The molecule has 2 heterocycles. The molecule has 0 spiro atoms. The van der Waals surface area contributed by atoms with Gasteiger partial charge in [-0.1, -0.05) is 18.0 Å². The van der Waals surface area contributed by atoms with E-state index in [4.69, 9.17) is 4.52 Å². The van der Waals surface area contributed by atoms with E-state index in [9.17, 15) is 9.90 Å². The fourth-order valence-corrected chi connectivity index (χ4v) is 5.07. The SMILES string of the molecule is Cc1noc(C)c1CCC(=O)NCC1(c2ccc(C(C)O)s2)CCCC1. The van der Waals surface area contributed by atoms with E-state index in [1.807, 2.05) is 19.9 Å². The van der Waals surface area contributed by atoms with Crippen molar-refractivity contribution in [1.29, 1.82) is 0 Å². The Morgan fingerprint density at radius 3 is 2.69 bits per heavy atom. The second kappa shape index (κ2) is 7.92. The van der Waals surface area contributed by atoms with Crippen LogP contribution in [0.15, 0.2) is 16.7 Å². The molecular formula is C20H28N2O3S. The molecular weight excluding hydrogens is 348 g/mol. The number of thiophene rings is 1. The van der Waals surface area contributed by atoms with E-state index in [1.54, 1.807) is 18.3 Å². The Morgan fingerprint density at radius 1 is 1.38 bits per heavy atom. The van der Waals surface area contributed by atoms with Gasteiger partial charge in [-0.25, -0.2) is 0 Å². The predicted octanol–water partition coefficient (Wildman–Crippen LogP) is 3.97. The molecule has 0 radical (unpaired) electrons. The number of aliphatic hydroxyl groups excluding tert-OH is 1. The summed E-state index contributed by atoms with van der Waals surface area (Å²) in [5.74, 6) is 0.871. The van der Waals surface area contributed by atoms with E-state index < -0.39 is 6.10 Å². The average molecular weight is 377 g/mol. The largest absolute Gasteiger partial charge is 0.388 e. The molecule has 1 amide bonds. The second-order valence-corrected chi connectivity index (χ2v) is 8.56. The molecule has 1 aliphatic carbocycles. The molecule has 0 bridgehead atoms. The van der Waals surface area contributed by atoms with Crippen LogP contribution in [0.5, 0.6) is 0 Å². The molecule has 142 valence electrons. The molecule has 2 aromatic rings. The number of amides is 1. The van der Waals surface area contributed by atoms with Crippen LogP contribution in [0.3, 0.4) is 0 Å². The minimum atomic E-state index is -0.433. The summed E-state index contributed by atoms with van der Waals surface area (Å²) >= 11 is 1.68. The van der Waals surface area contributed by atoms with E-state index in [2.05, 4.69) is 16.5 Å². The summed E-state index contributed by atoms with van der Waals surface area (Å²) in [7, 11) is 0. The third kappa shape index (κ3) is 4.01.